The van der Waals surface area contributed by atoms with Crippen molar-refractivity contribution >= 4 is 39.2 Å². The fourth-order valence-electron chi connectivity index (χ4n) is 1.29. The van der Waals surface area contributed by atoms with Gasteiger partial charge >= 0.3 is 6.03 Å². The number of nitrogens with zero attached hydrogens (tertiary/aromatic N) is 1. The molecule has 0 radical (unpaired) electrons. The lowest BCUT2D eigenvalue weighted by Gasteiger charge is -2.19. The topological polar surface area (TPSA) is 32.3 Å². The lowest BCUT2D eigenvalue weighted by atomic mass is 10.3. The molecular weight excluding hydrogens is 291 g/mol. The summed E-state index contributed by atoms with van der Waals surface area (Å²) in [4.78, 5) is 13.4. The summed E-state index contributed by atoms with van der Waals surface area (Å²) in [7, 11) is 0. The minimum Gasteiger partial charge on any atom is -0.325 e. The molecule has 0 spiro atoms. The van der Waals surface area contributed by atoms with Crippen LogP contribution in [0.3, 0.4) is 0 Å². The summed E-state index contributed by atoms with van der Waals surface area (Å²) in [5.74, 6) is 0. The molecule has 0 saturated carbocycles. The molecule has 1 rings (SSSR count). The predicted octanol–water partition coefficient (Wildman–Crippen LogP) is 3.98. The van der Waals surface area contributed by atoms with Crippen LogP contribution >= 0.6 is 27.5 Å². The van der Waals surface area contributed by atoms with E-state index in [1.54, 1.807) is 23.1 Å². The molecule has 5 heteroatoms. The van der Waals surface area contributed by atoms with Crippen LogP contribution < -0.4 is 5.32 Å². The molecule has 0 unspecified atom stereocenters. The highest BCUT2D eigenvalue weighted by atomic mass is 79.9. The fourth-order valence-corrected chi connectivity index (χ4v) is 1.71. The Hall–Kier alpha value is -0.740. The first-order valence-electron chi connectivity index (χ1n) is 5.09. The van der Waals surface area contributed by atoms with Crippen molar-refractivity contribution in [2.45, 2.75) is 13.8 Å². The van der Waals surface area contributed by atoms with Gasteiger partial charge in [0, 0.05) is 23.2 Å². The van der Waals surface area contributed by atoms with E-state index in [1.807, 2.05) is 13.8 Å². The van der Waals surface area contributed by atoms with Crippen molar-refractivity contribution in [1.82, 2.24) is 4.90 Å². The van der Waals surface area contributed by atoms with Crippen LogP contribution in [0.15, 0.2) is 22.7 Å². The summed E-state index contributed by atoms with van der Waals surface area (Å²) in [6, 6.07) is 5.22. The molecule has 2 amide bonds. The van der Waals surface area contributed by atoms with Gasteiger partial charge in [0.15, 0.2) is 0 Å². The molecule has 0 heterocycles. The number of carbonyl (C=O) groups excluding carboxylic acids is 1. The third kappa shape index (κ3) is 3.39. The number of carbonyl (C=O) groups is 1. The van der Waals surface area contributed by atoms with E-state index in [0.29, 0.717) is 23.8 Å². The maximum Gasteiger partial charge on any atom is 0.321 e. The van der Waals surface area contributed by atoms with Crippen molar-refractivity contribution in [3.63, 3.8) is 0 Å². The minimum atomic E-state index is -0.108. The van der Waals surface area contributed by atoms with Crippen molar-refractivity contribution in [3.8, 4) is 0 Å². The predicted molar refractivity (Wildman–Crippen MR) is 71.1 cm³/mol. The normalized spacial score (nSPS) is 10.0. The molecule has 0 aromatic heterocycles. The SMILES string of the molecule is CCN(CC)C(=O)Nc1ccc(Br)c(Cl)c1. The van der Waals surface area contributed by atoms with Gasteiger partial charge in [0.2, 0.25) is 0 Å². The monoisotopic (exact) mass is 304 g/mol. The number of hydrogen-bond acceptors (Lipinski definition) is 1. The van der Waals surface area contributed by atoms with Crippen LogP contribution in [-0.4, -0.2) is 24.0 Å². The van der Waals surface area contributed by atoms with Crippen LogP contribution in [0.1, 0.15) is 13.8 Å². The summed E-state index contributed by atoms with van der Waals surface area (Å²) in [5.41, 5.74) is 0.699. The average molecular weight is 306 g/mol. The van der Waals surface area contributed by atoms with Crippen molar-refractivity contribution < 1.29 is 4.79 Å². The molecule has 0 aliphatic carbocycles. The van der Waals surface area contributed by atoms with Crippen LogP contribution in [0.5, 0.6) is 0 Å². The number of urea groups is 1. The van der Waals surface area contributed by atoms with Crippen LogP contribution in [0.25, 0.3) is 0 Å². The lowest BCUT2D eigenvalue weighted by Crippen LogP contribution is -2.34. The standard InChI is InChI=1S/C11H14BrClN2O/c1-3-15(4-2)11(16)14-8-5-6-9(12)10(13)7-8/h5-7H,3-4H2,1-2H3,(H,14,16). The zero-order valence-electron chi connectivity index (χ0n) is 9.26. The van der Waals surface area contributed by atoms with E-state index in [0.717, 1.165) is 4.47 Å². The minimum absolute atomic E-state index is 0.108. The summed E-state index contributed by atoms with van der Waals surface area (Å²) in [6.07, 6.45) is 0. The number of hydrogen-bond donors (Lipinski definition) is 1. The Morgan fingerprint density at radius 3 is 2.56 bits per heavy atom. The number of nitrogens with one attached hydrogen (secondary N) is 1. The molecule has 0 bridgehead atoms. The van der Waals surface area contributed by atoms with E-state index in [1.165, 1.54) is 0 Å². The molecule has 3 nitrogen and oxygen atoms in total. The summed E-state index contributed by atoms with van der Waals surface area (Å²) >= 11 is 9.23. The highest BCUT2D eigenvalue weighted by Gasteiger charge is 2.09. The summed E-state index contributed by atoms with van der Waals surface area (Å²) in [5, 5.41) is 3.37. The lowest BCUT2D eigenvalue weighted by molar-refractivity contribution is 0.217. The molecule has 88 valence electrons. The maximum atomic E-state index is 11.7. The van der Waals surface area contributed by atoms with E-state index in [2.05, 4.69) is 21.2 Å². The molecule has 0 atom stereocenters. The molecule has 1 N–H and O–H groups in total. The van der Waals surface area contributed by atoms with Gasteiger partial charge in [-0.25, -0.2) is 4.79 Å². The molecule has 1 aromatic carbocycles. The van der Waals surface area contributed by atoms with E-state index in [4.69, 9.17) is 11.6 Å². The Balaban J connectivity index is 2.73. The second kappa shape index (κ2) is 6.11. The van der Waals surface area contributed by atoms with Gasteiger partial charge in [-0.3, -0.25) is 0 Å². The van der Waals surface area contributed by atoms with E-state index < -0.39 is 0 Å². The number of amides is 2. The second-order valence-corrected chi connectivity index (χ2v) is 4.49. The Morgan fingerprint density at radius 1 is 1.44 bits per heavy atom. The first-order chi connectivity index (χ1) is 7.58. The van der Waals surface area contributed by atoms with E-state index in [-0.39, 0.29) is 6.03 Å². The molecule has 1 aromatic rings. The number of halogens is 2. The third-order valence-corrected chi connectivity index (χ3v) is 3.45. The Morgan fingerprint density at radius 2 is 2.06 bits per heavy atom. The van der Waals surface area contributed by atoms with Crippen molar-refractivity contribution in [2.24, 2.45) is 0 Å². The highest BCUT2D eigenvalue weighted by Crippen LogP contribution is 2.25. The molecule has 0 saturated heterocycles. The van der Waals surface area contributed by atoms with Gasteiger partial charge in [0.25, 0.3) is 0 Å². The molecule has 16 heavy (non-hydrogen) atoms. The first kappa shape index (κ1) is 13.3. The van der Waals surface area contributed by atoms with Crippen molar-refractivity contribution in [2.75, 3.05) is 18.4 Å². The third-order valence-electron chi connectivity index (χ3n) is 2.22. The van der Waals surface area contributed by atoms with Gasteiger partial charge in [0.05, 0.1) is 5.02 Å². The molecule has 0 aliphatic rings. The Bertz CT molecular complexity index is 380. The second-order valence-electron chi connectivity index (χ2n) is 3.23. The number of rotatable bonds is 3. The van der Waals surface area contributed by atoms with Crippen molar-refractivity contribution in [3.05, 3.63) is 27.7 Å². The Labute approximate surface area is 109 Å². The van der Waals surface area contributed by atoms with Gasteiger partial charge in [0.1, 0.15) is 0 Å². The van der Waals surface area contributed by atoms with Gasteiger partial charge < -0.3 is 10.2 Å². The molecule has 0 fully saturated rings. The summed E-state index contributed by atoms with van der Waals surface area (Å²) in [6.45, 7) is 5.26. The van der Waals surface area contributed by atoms with Crippen LogP contribution in [0, 0.1) is 0 Å². The summed E-state index contributed by atoms with van der Waals surface area (Å²) < 4.78 is 0.815. The van der Waals surface area contributed by atoms with Gasteiger partial charge in [-0.05, 0) is 48.0 Å². The maximum absolute atomic E-state index is 11.7. The van der Waals surface area contributed by atoms with Crippen molar-refractivity contribution in [1.29, 1.82) is 0 Å². The quantitative estimate of drug-likeness (QED) is 0.900. The van der Waals surface area contributed by atoms with Gasteiger partial charge in [-0.15, -0.1) is 0 Å². The zero-order valence-corrected chi connectivity index (χ0v) is 11.6. The van der Waals surface area contributed by atoms with Crippen LogP contribution in [-0.2, 0) is 0 Å². The number of benzene rings is 1. The van der Waals surface area contributed by atoms with Crippen LogP contribution in [0.4, 0.5) is 10.5 Å². The van der Waals surface area contributed by atoms with E-state index >= 15 is 0 Å². The van der Waals surface area contributed by atoms with Gasteiger partial charge in [-0.1, -0.05) is 11.6 Å². The highest BCUT2D eigenvalue weighted by molar-refractivity contribution is 9.10. The largest absolute Gasteiger partial charge is 0.325 e. The molecular formula is C11H14BrClN2O. The average Bonchev–Trinajstić information content (AvgIpc) is 2.25. The van der Waals surface area contributed by atoms with Gasteiger partial charge in [-0.2, -0.15) is 0 Å². The smallest absolute Gasteiger partial charge is 0.321 e. The zero-order chi connectivity index (χ0) is 12.1. The Kier molecular flexibility index (Phi) is 5.09. The first-order valence-corrected chi connectivity index (χ1v) is 6.26. The fraction of sp³-hybridized carbons (Fsp3) is 0.364. The van der Waals surface area contributed by atoms with Crippen LogP contribution in [0.2, 0.25) is 5.02 Å². The number of anilines is 1. The van der Waals surface area contributed by atoms with E-state index in [9.17, 15) is 4.79 Å². The molecule has 0 aliphatic heterocycles.